The maximum absolute atomic E-state index is 6.35. The molecule has 0 aliphatic carbocycles. The molecule has 0 radical (unpaired) electrons. The molecule has 94 valence electrons. The Morgan fingerprint density at radius 2 is 2.47 bits per heavy atom. The van der Waals surface area contributed by atoms with Crippen LogP contribution in [0.1, 0.15) is 31.9 Å². The highest BCUT2D eigenvalue weighted by atomic mass is 35.5. The van der Waals surface area contributed by atoms with Crippen molar-refractivity contribution in [2.45, 2.75) is 44.0 Å². The average Bonchev–Trinajstić information content (AvgIpc) is 2.74. The van der Waals surface area contributed by atoms with Crippen LogP contribution in [0.3, 0.4) is 0 Å². The molecule has 2 rings (SSSR count). The van der Waals surface area contributed by atoms with Crippen LogP contribution < -0.4 is 0 Å². The van der Waals surface area contributed by atoms with E-state index in [9.17, 15) is 0 Å². The first-order valence-corrected chi connectivity index (χ1v) is 6.84. The average molecular weight is 254 g/mol. The molecule has 17 heavy (non-hydrogen) atoms. The predicted octanol–water partition coefficient (Wildman–Crippen LogP) is 2.50. The topological polar surface area (TPSA) is 29.0 Å². The van der Waals surface area contributed by atoms with Gasteiger partial charge >= 0.3 is 0 Å². The molecular weight excluding hydrogens is 234 g/mol. The van der Waals surface area contributed by atoms with E-state index in [1.807, 2.05) is 12.1 Å². The Labute approximate surface area is 108 Å². The minimum absolute atomic E-state index is 0.166. The van der Waals surface area contributed by atoms with Crippen molar-refractivity contribution < 1.29 is 0 Å². The van der Waals surface area contributed by atoms with E-state index in [1.54, 1.807) is 6.20 Å². The van der Waals surface area contributed by atoms with E-state index in [0.29, 0.717) is 0 Å². The molecule has 3 nitrogen and oxygen atoms in total. The van der Waals surface area contributed by atoms with Crippen LogP contribution in [0.2, 0.25) is 0 Å². The maximum atomic E-state index is 6.35. The summed E-state index contributed by atoms with van der Waals surface area (Å²) in [5, 5.41) is 8.10. The van der Waals surface area contributed by atoms with Gasteiger partial charge in [0.2, 0.25) is 0 Å². The number of aromatic nitrogens is 2. The smallest absolute Gasteiger partial charge is 0.0645 e. The second kappa shape index (κ2) is 6.31. The summed E-state index contributed by atoms with van der Waals surface area (Å²) >= 11 is 6.35. The molecule has 2 heterocycles. The zero-order valence-corrected chi connectivity index (χ0v) is 11.1. The summed E-state index contributed by atoms with van der Waals surface area (Å²) in [5.74, 6) is 0. The highest BCUT2D eigenvalue weighted by molar-refractivity contribution is 6.20. The number of hydrogen-bond acceptors (Lipinski definition) is 3. The van der Waals surface area contributed by atoms with Gasteiger partial charge in [-0.15, -0.1) is 11.6 Å². The molecule has 1 aliphatic heterocycles. The number of hydrogen-bond donors (Lipinski definition) is 0. The van der Waals surface area contributed by atoms with Gasteiger partial charge in [-0.3, -0.25) is 0 Å². The predicted molar refractivity (Wildman–Crippen MR) is 70.3 cm³/mol. The minimum atomic E-state index is 0.166. The third-order valence-electron chi connectivity index (χ3n) is 3.48. The summed E-state index contributed by atoms with van der Waals surface area (Å²) in [5.41, 5.74) is 0.988. The van der Waals surface area contributed by atoms with E-state index in [1.165, 1.54) is 19.4 Å². The summed E-state index contributed by atoms with van der Waals surface area (Å²) in [6, 6.07) is 4.63. The van der Waals surface area contributed by atoms with Gasteiger partial charge in [0.15, 0.2) is 0 Å². The highest BCUT2D eigenvalue weighted by Gasteiger charge is 2.20. The summed E-state index contributed by atoms with van der Waals surface area (Å²) in [7, 11) is 0. The normalized spacial score (nSPS) is 22.8. The molecular formula is C13H20ClN3. The van der Waals surface area contributed by atoms with Crippen LogP contribution in [0.15, 0.2) is 18.3 Å². The van der Waals surface area contributed by atoms with Gasteiger partial charge < -0.3 is 4.90 Å². The molecule has 0 saturated carbocycles. The van der Waals surface area contributed by atoms with Crippen LogP contribution in [0.25, 0.3) is 0 Å². The molecule has 4 heteroatoms. The molecule has 0 bridgehead atoms. The van der Waals surface area contributed by atoms with Crippen molar-refractivity contribution in [1.82, 2.24) is 15.1 Å². The molecule has 0 aromatic carbocycles. The Bertz CT molecular complexity index is 331. The lowest BCUT2D eigenvalue weighted by Crippen LogP contribution is -2.29. The fourth-order valence-corrected chi connectivity index (χ4v) is 2.66. The quantitative estimate of drug-likeness (QED) is 0.755. The fourth-order valence-electron chi connectivity index (χ4n) is 2.40. The zero-order chi connectivity index (χ0) is 12.1. The van der Waals surface area contributed by atoms with Gasteiger partial charge in [0.05, 0.1) is 5.69 Å². The molecule has 0 spiro atoms. The summed E-state index contributed by atoms with van der Waals surface area (Å²) in [6.45, 7) is 4.64. The number of halogens is 1. The second-order valence-corrected chi connectivity index (χ2v) is 5.45. The molecule has 0 amide bonds. The SMILES string of the molecule is CC1CCCN1CCC(Cl)Cc1cccnn1. The van der Waals surface area contributed by atoms with Crippen LogP contribution in [-0.4, -0.2) is 39.6 Å². The first-order chi connectivity index (χ1) is 8.25. The fraction of sp³-hybridized carbons (Fsp3) is 0.692. The van der Waals surface area contributed by atoms with Crippen molar-refractivity contribution in [3.8, 4) is 0 Å². The van der Waals surface area contributed by atoms with Crippen molar-refractivity contribution in [1.29, 1.82) is 0 Å². The third-order valence-corrected chi connectivity index (χ3v) is 3.85. The molecule has 1 aromatic heterocycles. The van der Waals surface area contributed by atoms with Crippen molar-refractivity contribution in [2.75, 3.05) is 13.1 Å². The van der Waals surface area contributed by atoms with Gasteiger partial charge in [-0.05, 0) is 51.4 Å². The van der Waals surface area contributed by atoms with Gasteiger partial charge in [0.1, 0.15) is 0 Å². The van der Waals surface area contributed by atoms with E-state index in [-0.39, 0.29) is 5.38 Å². The Kier molecular flexibility index (Phi) is 4.75. The molecule has 2 atom stereocenters. The van der Waals surface area contributed by atoms with Crippen LogP contribution in [0.5, 0.6) is 0 Å². The van der Waals surface area contributed by atoms with Gasteiger partial charge in [0, 0.05) is 24.0 Å². The van der Waals surface area contributed by atoms with E-state index in [2.05, 4.69) is 22.0 Å². The number of alkyl halides is 1. The van der Waals surface area contributed by atoms with Crippen LogP contribution in [0.4, 0.5) is 0 Å². The van der Waals surface area contributed by atoms with E-state index >= 15 is 0 Å². The van der Waals surface area contributed by atoms with Crippen molar-refractivity contribution in [2.24, 2.45) is 0 Å². The van der Waals surface area contributed by atoms with Gasteiger partial charge in [-0.1, -0.05) is 0 Å². The maximum Gasteiger partial charge on any atom is 0.0645 e. The lowest BCUT2D eigenvalue weighted by Gasteiger charge is -2.22. The number of nitrogens with zero attached hydrogens (tertiary/aromatic N) is 3. The number of likely N-dealkylation sites (tertiary alicyclic amines) is 1. The zero-order valence-electron chi connectivity index (χ0n) is 10.3. The Morgan fingerprint density at radius 3 is 3.12 bits per heavy atom. The van der Waals surface area contributed by atoms with Gasteiger partial charge in [0.25, 0.3) is 0 Å². The lowest BCUT2D eigenvalue weighted by atomic mass is 10.1. The van der Waals surface area contributed by atoms with Crippen LogP contribution in [-0.2, 0) is 6.42 Å². The van der Waals surface area contributed by atoms with Crippen molar-refractivity contribution in [3.63, 3.8) is 0 Å². The van der Waals surface area contributed by atoms with Crippen molar-refractivity contribution in [3.05, 3.63) is 24.0 Å². The first-order valence-electron chi connectivity index (χ1n) is 6.40. The Balaban J connectivity index is 1.72. The molecule has 1 saturated heterocycles. The lowest BCUT2D eigenvalue weighted by molar-refractivity contribution is 0.264. The summed E-state index contributed by atoms with van der Waals surface area (Å²) in [6.07, 6.45) is 6.20. The van der Waals surface area contributed by atoms with E-state index in [0.717, 1.165) is 31.1 Å². The molecule has 2 unspecified atom stereocenters. The van der Waals surface area contributed by atoms with Gasteiger partial charge in [-0.25, -0.2) is 0 Å². The van der Waals surface area contributed by atoms with Crippen molar-refractivity contribution >= 4 is 11.6 Å². The first kappa shape index (κ1) is 12.8. The minimum Gasteiger partial charge on any atom is -0.301 e. The summed E-state index contributed by atoms with van der Waals surface area (Å²) in [4.78, 5) is 2.53. The van der Waals surface area contributed by atoms with E-state index < -0.39 is 0 Å². The summed E-state index contributed by atoms with van der Waals surface area (Å²) < 4.78 is 0. The Hall–Kier alpha value is -0.670. The molecule has 1 aromatic rings. The molecule has 1 aliphatic rings. The van der Waals surface area contributed by atoms with Gasteiger partial charge in [-0.2, -0.15) is 10.2 Å². The third kappa shape index (κ3) is 3.93. The molecule has 1 fully saturated rings. The monoisotopic (exact) mass is 253 g/mol. The second-order valence-electron chi connectivity index (χ2n) is 4.83. The largest absolute Gasteiger partial charge is 0.301 e. The van der Waals surface area contributed by atoms with Crippen LogP contribution in [0, 0.1) is 0 Å². The van der Waals surface area contributed by atoms with E-state index in [4.69, 9.17) is 11.6 Å². The standard InChI is InChI=1S/C13H20ClN3/c1-11-4-3-8-17(11)9-6-12(14)10-13-5-2-7-15-16-13/h2,5,7,11-12H,3-4,6,8-10H2,1H3. The van der Waals surface area contributed by atoms with Crippen LogP contribution >= 0.6 is 11.6 Å². The molecule has 0 N–H and O–H groups in total. The Morgan fingerprint density at radius 1 is 1.59 bits per heavy atom. The number of rotatable bonds is 5. The highest BCUT2D eigenvalue weighted by Crippen LogP contribution is 2.18.